The maximum Gasteiger partial charge on any atom is 0.328 e. The second-order valence-electron chi connectivity index (χ2n) is 5.94. The van der Waals surface area contributed by atoms with Crippen LogP contribution in [-0.2, 0) is 11.2 Å². The third-order valence-electron chi connectivity index (χ3n) is 4.12. The monoisotopic (exact) mass is 360 g/mol. The smallest absolute Gasteiger partial charge is 0.328 e. The van der Waals surface area contributed by atoms with Crippen LogP contribution in [0.3, 0.4) is 0 Å². The van der Waals surface area contributed by atoms with E-state index in [2.05, 4.69) is 9.98 Å². The molecular weight excluding hydrogens is 340 g/mol. The molecular formula is C22H20N2O3. The number of carbonyl (C=O) groups is 1. The Kier molecular flexibility index (Phi) is 5.94. The molecule has 0 saturated heterocycles. The first-order chi connectivity index (χ1) is 13.2. The van der Waals surface area contributed by atoms with Gasteiger partial charge in [0.25, 0.3) is 0 Å². The molecule has 5 nitrogen and oxygen atoms in total. The molecule has 27 heavy (non-hydrogen) atoms. The number of benzene rings is 2. The predicted octanol–water partition coefficient (Wildman–Crippen LogP) is 3.62. The quantitative estimate of drug-likeness (QED) is 0.653. The van der Waals surface area contributed by atoms with Crippen molar-refractivity contribution in [1.82, 2.24) is 4.98 Å². The first kappa shape index (κ1) is 18.3. The Morgan fingerprint density at radius 2 is 1.59 bits per heavy atom. The molecule has 0 amide bonds. The summed E-state index contributed by atoms with van der Waals surface area (Å²) in [7, 11) is 1.52. The largest absolute Gasteiger partial charge is 0.481 e. The van der Waals surface area contributed by atoms with Gasteiger partial charge in [-0.05, 0) is 6.07 Å². The Balaban J connectivity index is 2.04. The van der Waals surface area contributed by atoms with E-state index in [1.807, 2.05) is 66.7 Å². The fourth-order valence-electron chi connectivity index (χ4n) is 2.82. The third-order valence-corrected chi connectivity index (χ3v) is 4.12. The van der Waals surface area contributed by atoms with Crippen molar-refractivity contribution in [2.45, 2.75) is 12.5 Å². The third kappa shape index (κ3) is 4.58. The van der Waals surface area contributed by atoms with Crippen molar-refractivity contribution in [3.05, 3.63) is 95.7 Å². The molecule has 3 aromatic rings. The van der Waals surface area contributed by atoms with Gasteiger partial charge in [-0.25, -0.2) is 9.78 Å². The zero-order chi connectivity index (χ0) is 19.1. The van der Waals surface area contributed by atoms with E-state index in [4.69, 9.17) is 4.74 Å². The van der Waals surface area contributed by atoms with Crippen LogP contribution < -0.4 is 4.74 Å². The number of methoxy groups -OCH3 is 1. The molecule has 0 fully saturated rings. The molecule has 0 unspecified atom stereocenters. The summed E-state index contributed by atoms with van der Waals surface area (Å²) in [6, 6.07) is 21.8. The van der Waals surface area contributed by atoms with Crippen molar-refractivity contribution in [2.75, 3.05) is 7.11 Å². The summed E-state index contributed by atoms with van der Waals surface area (Å²) in [4.78, 5) is 20.7. The minimum atomic E-state index is -0.995. The van der Waals surface area contributed by atoms with Crippen LogP contribution in [0.15, 0.2) is 84.0 Å². The Morgan fingerprint density at radius 3 is 2.11 bits per heavy atom. The van der Waals surface area contributed by atoms with Crippen LogP contribution in [0.25, 0.3) is 0 Å². The summed E-state index contributed by atoms with van der Waals surface area (Å²) >= 11 is 0. The second kappa shape index (κ2) is 8.76. The van der Waals surface area contributed by atoms with Gasteiger partial charge in [0.2, 0.25) is 5.88 Å². The lowest BCUT2D eigenvalue weighted by molar-refractivity contribution is -0.138. The van der Waals surface area contributed by atoms with E-state index < -0.39 is 12.0 Å². The standard InChI is InChI=1S/C22H20N2O3/c1-27-21-18(13-8-14-23-21)15-19(22(25)26)24-20(16-9-4-2-5-10-16)17-11-6-3-7-12-17/h2-14,19H,15H2,1H3,(H,25,26)/t19-/m0/s1. The summed E-state index contributed by atoms with van der Waals surface area (Å²) in [5, 5.41) is 9.77. The van der Waals surface area contributed by atoms with Crippen LogP contribution in [0.2, 0.25) is 0 Å². The van der Waals surface area contributed by atoms with Gasteiger partial charge < -0.3 is 9.84 Å². The van der Waals surface area contributed by atoms with E-state index in [-0.39, 0.29) is 6.42 Å². The van der Waals surface area contributed by atoms with Crippen molar-refractivity contribution in [2.24, 2.45) is 4.99 Å². The van der Waals surface area contributed by atoms with E-state index in [1.165, 1.54) is 7.11 Å². The molecule has 1 atom stereocenters. The van der Waals surface area contributed by atoms with Crippen LogP contribution in [0.5, 0.6) is 5.88 Å². The van der Waals surface area contributed by atoms with Crippen molar-refractivity contribution in [3.63, 3.8) is 0 Å². The van der Waals surface area contributed by atoms with Gasteiger partial charge in [0.15, 0.2) is 6.04 Å². The van der Waals surface area contributed by atoms with Crippen LogP contribution in [-0.4, -0.2) is 34.9 Å². The molecule has 0 aliphatic heterocycles. The lowest BCUT2D eigenvalue weighted by Gasteiger charge is -2.14. The second-order valence-corrected chi connectivity index (χ2v) is 5.94. The van der Waals surface area contributed by atoms with Crippen molar-refractivity contribution in [3.8, 4) is 5.88 Å². The van der Waals surface area contributed by atoms with Gasteiger partial charge in [0.05, 0.1) is 12.8 Å². The molecule has 0 radical (unpaired) electrons. The Hall–Kier alpha value is -3.47. The first-order valence-electron chi connectivity index (χ1n) is 8.58. The minimum Gasteiger partial charge on any atom is -0.481 e. The van der Waals surface area contributed by atoms with Crippen LogP contribution in [0, 0.1) is 0 Å². The normalized spacial score (nSPS) is 11.4. The Bertz CT molecular complexity index is 883. The summed E-state index contributed by atoms with van der Waals surface area (Å²) in [5.74, 6) is -0.579. The van der Waals surface area contributed by atoms with Gasteiger partial charge in [0, 0.05) is 29.3 Å². The average molecular weight is 360 g/mol. The summed E-state index contributed by atoms with van der Waals surface area (Å²) in [6.45, 7) is 0. The van der Waals surface area contributed by atoms with Gasteiger partial charge in [-0.2, -0.15) is 0 Å². The molecule has 0 aliphatic rings. The molecule has 1 aromatic heterocycles. The number of ether oxygens (including phenoxy) is 1. The molecule has 3 rings (SSSR count). The number of aliphatic imine (C=N–C) groups is 1. The fourth-order valence-corrected chi connectivity index (χ4v) is 2.82. The lowest BCUT2D eigenvalue weighted by Crippen LogP contribution is -2.23. The molecule has 0 bridgehead atoms. The van der Waals surface area contributed by atoms with Gasteiger partial charge >= 0.3 is 5.97 Å². The summed E-state index contributed by atoms with van der Waals surface area (Å²) < 4.78 is 5.25. The minimum absolute atomic E-state index is 0.190. The van der Waals surface area contributed by atoms with Crippen LogP contribution in [0.4, 0.5) is 0 Å². The summed E-state index contributed by atoms with van der Waals surface area (Å²) in [5.41, 5.74) is 3.09. The van der Waals surface area contributed by atoms with Gasteiger partial charge in [-0.1, -0.05) is 66.7 Å². The number of pyridine rings is 1. The highest BCUT2D eigenvalue weighted by atomic mass is 16.5. The molecule has 0 aliphatic carbocycles. The number of aliphatic carboxylic acids is 1. The maximum atomic E-state index is 11.9. The molecule has 0 saturated carbocycles. The number of hydrogen-bond donors (Lipinski definition) is 1. The van der Waals surface area contributed by atoms with E-state index in [9.17, 15) is 9.90 Å². The maximum absolute atomic E-state index is 11.9. The molecule has 136 valence electrons. The topological polar surface area (TPSA) is 71.8 Å². The van der Waals surface area contributed by atoms with Gasteiger partial charge in [0.1, 0.15) is 0 Å². The SMILES string of the molecule is COc1ncccc1C[C@H](N=C(c1ccccc1)c1ccccc1)C(=O)O. The number of rotatable bonds is 7. The van der Waals surface area contributed by atoms with Crippen molar-refractivity contribution < 1.29 is 14.6 Å². The number of hydrogen-bond acceptors (Lipinski definition) is 4. The number of nitrogens with zero attached hydrogens (tertiary/aromatic N) is 2. The zero-order valence-electron chi connectivity index (χ0n) is 14.9. The van der Waals surface area contributed by atoms with Crippen molar-refractivity contribution >= 4 is 11.7 Å². The van der Waals surface area contributed by atoms with E-state index in [0.717, 1.165) is 11.1 Å². The molecule has 5 heteroatoms. The Morgan fingerprint density at radius 1 is 1.00 bits per heavy atom. The predicted molar refractivity (Wildman–Crippen MR) is 104 cm³/mol. The molecule has 1 heterocycles. The van der Waals surface area contributed by atoms with Crippen molar-refractivity contribution in [1.29, 1.82) is 0 Å². The van der Waals surface area contributed by atoms with Gasteiger partial charge in [-0.3, -0.25) is 4.99 Å². The highest BCUT2D eigenvalue weighted by Gasteiger charge is 2.21. The van der Waals surface area contributed by atoms with Crippen LogP contribution >= 0.6 is 0 Å². The van der Waals surface area contributed by atoms with E-state index >= 15 is 0 Å². The number of carboxylic acid groups (broad SMARTS) is 1. The lowest BCUT2D eigenvalue weighted by atomic mass is 10.0. The summed E-state index contributed by atoms with van der Waals surface area (Å²) in [6.07, 6.45) is 1.80. The number of carboxylic acids is 1. The van der Waals surface area contributed by atoms with Crippen LogP contribution in [0.1, 0.15) is 16.7 Å². The van der Waals surface area contributed by atoms with Gasteiger partial charge in [-0.15, -0.1) is 0 Å². The number of aromatic nitrogens is 1. The highest BCUT2D eigenvalue weighted by Crippen LogP contribution is 2.19. The highest BCUT2D eigenvalue weighted by molar-refractivity contribution is 6.13. The van der Waals surface area contributed by atoms with E-state index in [0.29, 0.717) is 17.2 Å². The molecule has 1 N–H and O–H groups in total. The molecule has 2 aromatic carbocycles. The Labute approximate surface area is 158 Å². The average Bonchev–Trinajstić information content (AvgIpc) is 2.72. The zero-order valence-corrected chi connectivity index (χ0v) is 14.9. The fraction of sp³-hybridized carbons (Fsp3) is 0.136. The van der Waals surface area contributed by atoms with E-state index in [1.54, 1.807) is 12.3 Å². The first-order valence-corrected chi connectivity index (χ1v) is 8.58. The molecule has 0 spiro atoms.